The van der Waals surface area contributed by atoms with Crippen molar-refractivity contribution < 1.29 is 5.11 Å². The monoisotopic (exact) mass is 383 g/mol. The minimum atomic E-state index is -0.111. The molecule has 0 aliphatic rings. The molecule has 0 amide bonds. The molecule has 0 aromatic carbocycles. The molecule has 0 aliphatic carbocycles. The van der Waals surface area contributed by atoms with Crippen LogP contribution in [-0.2, 0) is 0 Å². The molecule has 1 atom stereocenters. The lowest BCUT2D eigenvalue weighted by molar-refractivity contribution is 0.180. The quantitative estimate of drug-likeness (QED) is 0.188. The first-order valence-corrected chi connectivity index (χ1v) is 12.5. The van der Waals surface area contributed by atoms with Crippen LogP contribution in [-0.4, -0.2) is 24.3 Å². The maximum atomic E-state index is 9.21. The molecule has 27 heavy (non-hydrogen) atoms. The van der Waals surface area contributed by atoms with Crippen molar-refractivity contribution in [2.45, 2.75) is 142 Å². The van der Waals surface area contributed by atoms with Gasteiger partial charge in [0.1, 0.15) is 0 Å². The van der Waals surface area contributed by atoms with Gasteiger partial charge in [-0.05, 0) is 45.2 Å². The fourth-order valence-electron chi connectivity index (χ4n) is 3.74. The van der Waals surface area contributed by atoms with Gasteiger partial charge in [0, 0.05) is 0 Å². The molecule has 2 N–H and O–H groups in total. The highest BCUT2D eigenvalue weighted by Crippen LogP contribution is 2.13. The van der Waals surface area contributed by atoms with Crippen molar-refractivity contribution in [2.24, 2.45) is 5.92 Å². The van der Waals surface area contributed by atoms with Gasteiger partial charge in [0.15, 0.2) is 0 Å². The maximum Gasteiger partial charge on any atom is 0.0512 e. The summed E-state index contributed by atoms with van der Waals surface area (Å²) < 4.78 is 0. The molecule has 0 heterocycles. The average Bonchev–Trinajstić information content (AvgIpc) is 2.62. The van der Waals surface area contributed by atoms with Crippen molar-refractivity contribution in [1.29, 1.82) is 0 Å². The normalized spacial score (nSPS) is 12.8. The van der Waals surface area contributed by atoms with E-state index < -0.39 is 0 Å². The second-order valence-electron chi connectivity index (χ2n) is 9.23. The summed E-state index contributed by atoms with van der Waals surface area (Å²) >= 11 is 0. The Hall–Kier alpha value is -0.0800. The van der Waals surface area contributed by atoms with Gasteiger partial charge < -0.3 is 10.4 Å². The van der Waals surface area contributed by atoms with Gasteiger partial charge in [-0.25, -0.2) is 0 Å². The van der Waals surface area contributed by atoms with E-state index in [4.69, 9.17) is 0 Å². The third kappa shape index (κ3) is 25.9. The Morgan fingerprint density at radius 3 is 1.19 bits per heavy atom. The highest BCUT2D eigenvalue weighted by Gasteiger charge is 1.97. The van der Waals surface area contributed by atoms with Crippen LogP contribution < -0.4 is 5.32 Å². The Bertz CT molecular complexity index is 239. The Labute approximate surface area is 172 Å². The zero-order valence-electron chi connectivity index (χ0n) is 19.2. The summed E-state index contributed by atoms with van der Waals surface area (Å²) in [6.07, 6.45) is 24.5. The second kappa shape index (κ2) is 22.2. The van der Waals surface area contributed by atoms with Crippen molar-refractivity contribution in [3.8, 4) is 0 Å². The minimum Gasteiger partial charge on any atom is -0.393 e. The van der Waals surface area contributed by atoms with Gasteiger partial charge in [0.25, 0.3) is 0 Å². The Morgan fingerprint density at radius 2 is 0.815 bits per heavy atom. The zero-order valence-corrected chi connectivity index (χ0v) is 19.2. The number of hydrogen-bond donors (Lipinski definition) is 2. The van der Waals surface area contributed by atoms with Gasteiger partial charge in [-0.1, -0.05) is 110 Å². The number of unbranched alkanes of at least 4 members (excludes halogenated alkanes) is 14. The highest BCUT2D eigenvalue weighted by molar-refractivity contribution is 4.54. The van der Waals surface area contributed by atoms with Crippen LogP contribution in [0.15, 0.2) is 0 Å². The molecule has 0 aromatic heterocycles. The predicted octanol–water partition coefficient (Wildman–Crippen LogP) is 7.63. The number of nitrogens with one attached hydrogen (secondary N) is 1. The number of hydrogen-bond acceptors (Lipinski definition) is 2. The predicted molar refractivity (Wildman–Crippen MR) is 122 cm³/mol. The summed E-state index contributed by atoms with van der Waals surface area (Å²) in [5, 5.41) is 12.8. The molecule has 2 heteroatoms. The molecule has 0 rings (SSSR count). The summed E-state index contributed by atoms with van der Waals surface area (Å²) in [6.45, 7) is 8.98. The van der Waals surface area contributed by atoms with E-state index in [1.807, 2.05) is 6.92 Å². The van der Waals surface area contributed by atoms with E-state index in [1.54, 1.807) is 0 Å². The largest absolute Gasteiger partial charge is 0.393 e. The number of aliphatic hydroxyl groups is 1. The molecular weight excluding hydrogens is 330 g/mol. The minimum absolute atomic E-state index is 0.111. The summed E-state index contributed by atoms with van der Waals surface area (Å²) in [7, 11) is 0. The molecular formula is C25H53NO. The van der Waals surface area contributed by atoms with Crippen molar-refractivity contribution in [1.82, 2.24) is 5.32 Å². The molecule has 1 unspecified atom stereocenters. The van der Waals surface area contributed by atoms with Crippen LogP contribution in [0.4, 0.5) is 0 Å². The van der Waals surface area contributed by atoms with Gasteiger partial charge in [-0.2, -0.15) is 0 Å². The van der Waals surface area contributed by atoms with Crippen LogP contribution in [0.1, 0.15) is 136 Å². The molecule has 0 bridgehead atoms. The Kier molecular flexibility index (Phi) is 22.1. The topological polar surface area (TPSA) is 32.3 Å². The molecule has 0 aromatic rings. The van der Waals surface area contributed by atoms with Crippen molar-refractivity contribution >= 4 is 0 Å². The lowest BCUT2D eigenvalue weighted by atomic mass is 10.0. The van der Waals surface area contributed by atoms with E-state index in [9.17, 15) is 5.11 Å². The molecule has 0 fully saturated rings. The van der Waals surface area contributed by atoms with Crippen LogP contribution in [0, 0.1) is 5.92 Å². The van der Waals surface area contributed by atoms with Crippen LogP contribution in [0.25, 0.3) is 0 Å². The lowest BCUT2D eigenvalue weighted by Crippen LogP contribution is -2.16. The Morgan fingerprint density at radius 1 is 0.481 bits per heavy atom. The van der Waals surface area contributed by atoms with Crippen LogP contribution >= 0.6 is 0 Å². The second-order valence-corrected chi connectivity index (χ2v) is 9.23. The summed E-state index contributed by atoms with van der Waals surface area (Å²) in [6, 6.07) is 0. The average molecular weight is 384 g/mol. The van der Waals surface area contributed by atoms with Crippen LogP contribution in [0.2, 0.25) is 0 Å². The fraction of sp³-hybridized carbons (Fsp3) is 1.00. The van der Waals surface area contributed by atoms with Crippen molar-refractivity contribution in [3.63, 3.8) is 0 Å². The van der Waals surface area contributed by atoms with Crippen molar-refractivity contribution in [2.75, 3.05) is 13.1 Å². The van der Waals surface area contributed by atoms with Gasteiger partial charge in [0.05, 0.1) is 6.10 Å². The summed E-state index contributed by atoms with van der Waals surface area (Å²) in [5.74, 6) is 0.885. The molecule has 0 aliphatic heterocycles. The van der Waals surface area contributed by atoms with E-state index in [-0.39, 0.29) is 6.10 Å². The van der Waals surface area contributed by atoms with Gasteiger partial charge in [0.2, 0.25) is 0 Å². The standard InChI is InChI=1S/C25H53NO/c1-24(2)20-16-12-8-5-4-6-10-14-18-22-26-23-19-15-11-7-9-13-17-21-25(3)27/h24-27H,4-23H2,1-3H3. The van der Waals surface area contributed by atoms with Gasteiger partial charge in [-0.3, -0.25) is 0 Å². The first-order valence-electron chi connectivity index (χ1n) is 12.5. The zero-order chi connectivity index (χ0) is 20.0. The van der Waals surface area contributed by atoms with E-state index in [1.165, 1.54) is 122 Å². The van der Waals surface area contributed by atoms with Gasteiger partial charge in [-0.15, -0.1) is 0 Å². The Balaban J connectivity index is 2.99. The highest BCUT2D eigenvalue weighted by atomic mass is 16.3. The molecule has 0 radical (unpaired) electrons. The smallest absolute Gasteiger partial charge is 0.0512 e. The SMILES string of the molecule is CC(C)CCCCCCCCCCCNCCCCCCCCCC(C)O. The fourth-order valence-corrected chi connectivity index (χ4v) is 3.74. The third-order valence-corrected chi connectivity index (χ3v) is 5.61. The lowest BCUT2D eigenvalue weighted by Gasteiger charge is -2.06. The van der Waals surface area contributed by atoms with Crippen LogP contribution in [0.5, 0.6) is 0 Å². The molecule has 0 spiro atoms. The molecule has 0 saturated heterocycles. The maximum absolute atomic E-state index is 9.21. The summed E-state index contributed by atoms with van der Waals surface area (Å²) in [4.78, 5) is 0. The summed E-state index contributed by atoms with van der Waals surface area (Å²) in [5.41, 5.74) is 0. The first-order chi connectivity index (χ1) is 13.1. The van der Waals surface area contributed by atoms with E-state index in [0.717, 1.165) is 12.3 Å². The molecule has 164 valence electrons. The molecule has 2 nitrogen and oxygen atoms in total. The van der Waals surface area contributed by atoms with E-state index in [2.05, 4.69) is 19.2 Å². The van der Waals surface area contributed by atoms with E-state index >= 15 is 0 Å². The third-order valence-electron chi connectivity index (χ3n) is 5.61. The number of rotatable bonds is 22. The first kappa shape index (κ1) is 26.9. The van der Waals surface area contributed by atoms with Crippen LogP contribution in [0.3, 0.4) is 0 Å². The van der Waals surface area contributed by atoms with Gasteiger partial charge >= 0.3 is 0 Å². The number of aliphatic hydroxyl groups excluding tert-OH is 1. The van der Waals surface area contributed by atoms with E-state index in [0.29, 0.717) is 0 Å². The molecule has 0 saturated carbocycles. The van der Waals surface area contributed by atoms with Crippen molar-refractivity contribution in [3.05, 3.63) is 0 Å².